The Balaban J connectivity index is 1.89. The zero-order valence-corrected chi connectivity index (χ0v) is 11.1. The Bertz CT molecular complexity index is 493. The van der Waals surface area contributed by atoms with Gasteiger partial charge in [-0.1, -0.05) is 0 Å². The SMILES string of the molecule is CC1(C)CCCN1C(=O)c1ccc2c(c1)CCN2. The molecule has 2 aliphatic rings. The first-order valence-electron chi connectivity index (χ1n) is 6.77. The maximum Gasteiger partial charge on any atom is 0.254 e. The molecule has 2 heterocycles. The molecule has 0 aromatic heterocycles. The van der Waals surface area contributed by atoms with Crippen LogP contribution in [0.5, 0.6) is 0 Å². The summed E-state index contributed by atoms with van der Waals surface area (Å²) in [6.45, 7) is 6.20. The van der Waals surface area contributed by atoms with Crippen LogP contribution in [0.3, 0.4) is 0 Å². The van der Waals surface area contributed by atoms with Crippen LogP contribution in [0.2, 0.25) is 0 Å². The molecule has 0 aliphatic carbocycles. The number of amides is 1. The van der Waals surface area contributed by atoms with Gasteiger partial charge in [-0.3, -0.25) is 4.79 Å². The third-order valence-corrected chi connectivity index (χ3v) is 4.21. The largest absolute Gasteiger partial charge is 0.384 e. The van der Waals surface area contributed by atoms with Crippen LogP contribution in [0.4, 0.5) is 5.69 Å². The number of anilines is 1. The summed E-state index contributed by atoms with van der Waals surface area (Å²) in [5, 5.41) is 3.33. The van der Waals surface area contributed by atoms with Crippen LogP contribution >= 0.6 is 0 Å². The van der Waals surface area contributed by atoms with Gasteiger partial charge in [0.05, 0.1) is 0 Å². The fourth-order valence-electron chi connectivity index (χ4n) is 3.08. The van der Waals surface area contributed by atoms with E-state index in [1.165, 1.54) is 11.3 Å². The summed E-state index contributed by atoms with van der Waals surface area (Å²) in [7, 11) is 0. The number of fused-ring (bicyclic) bond motifs is 1. The molecule has 1 fully saturated rings. The first-order chi connectivity index (χ1) is 8.58. The number of benzene rings is 1. The fourth-order valence-corrected chi connectivity index (χ4v) is 3.08. The highest BCUT2D eigenvalue weighted by Gasteiger charge is 2.35. The van der Waals surface area contributed by atoms with E-state index in [4.69, 9.17) is 0 Å². The van der Waals surface area contributed by atoms with Gasteiger partial charge >= 0.3 is 0 Å². The van der Waals surface area contributed by atoms with Crippen molar-refractivity contribution >= 4 is 11.6 Å². The monoisotopic (exact) mass is 244 g/mol. The minimum atomic E-state index is 0.00828. The molecule has 0 bridgehead atoms. The minimum absolute atomic E-state index is 0.00828. The Morgan fingerprint density at radius 2 is 2.22 bits per heavy atom. The van der Waals surface area contributed by atoms with Crippen molar-refractivity contribution in [3.8, 4) is 0 Å². The third kappa shape index (κ3) is 1.78. The van der Waals surface area contributed by atoms with Crippen LogP contribution in [0, 0.1) is 0 Å². The van der Waals surface area contributed by atoms with Gasteiger partial charge in [0, 0.05) is 29.9 Å². The predicted octanol–water partition coefficient (Wildman–Crippen LogP) is 2.67. The number of likely N-dealkylation sites (tertiary alicyclic amines) is 1. The number of hydrogen-bond donors (Lipinski definition) is 1. The van der Waals surface area contributed by atoms with Crippen molar-refractivity contribution in [2.75, 3.05) is 18.4 Å². The van der Waals surface area contributed by atoms with Gasteiger partial charge in [0.2, 0.25) is 0 Å². The van der Waals surface area contributed by atoms with Gasteiger partial charge in [0.1, 0.15) is 0 Å². The molecule has 0 saturated carbocycles. The van der Waals surface area contributed by atoms with Gasteiger partial charge in [-0.2, -0.15) is 0 Å². The maximum absolute atomic E-state index is 12.6. The van der Waals surface area contributed by atoms with Gasteiger partial charge in [-0.05, 0) is 56.9 Å². The number of carbonyl (C=O) groups excluding carboxylic acids is 1. The van der Waals surface area contributed by atoms with E-state index in [1.807, 2.05) is 17.0 Å². The van der Waals surface area contributed by atoms with E-state index in [0.29, 0.717) is 0 Å². The Kier molecular flexibility index (Phi) is 2.58. The Morgan fingerprint density at radius 3 is 2.94 bits per heavy atom. The predicted molar refractivity (Wildman–Crippen MR) is 73.0 cm³/mol. The summed E-state index contributed by atoms with van der Waals surface area (Å²) >= 11 is 0. The van der Waals surface area contributed by atoms with Crippen LogP contribution in [0.1, 0.15) is 42.6 Å². The smallest absolute Gasteiger partial charge is 0.254 e. The second-order valence-corrected chi connectivity index (χ2v) is 5.92. The molecular formula is C15H20N2O. The van der Waals surface area contributed by atoms with Crippen molar-refractivity contribution in [2.24, 2.45) is 0 Å². The molecule has 3 heteroatoms. The van der Waals surface area contributed by atoms with E-state index in [0.717, 1.165) is 37.9 Å². The molecule has 3 rings (SSSR count). The van der Waals surface area contributed by atoms with Crippen molar-refractivity contribution < 1.29 is 4.79 Å². The lowest BCUT2D eigenvalue weighted by Gasteiger charge is -2.31. The number of nitrogens with one attached hydrogen (secondary N) is 1. The van der Waals surface area contributed by atoms with E-state index >= 15 is 0 Å². The van der Waals surface area contributed by atoms with Gasteiger partial charge in [0.15, 0.2) is 0 Å². The van der Waals surface area contributed by atoms with Gasteiger partial charge in [-0.25, -0.2) is 0 Å². The summed E-state index contributed by atoms with van der Waals surface area (Å²) in [6, 6.07) is 6.05. The molecule has 0 radical (unpaired) electrons. The lowest BCUT2D eigenvalue weighted by Crippen LogP contribution is -2.42. The maximum atomic E-state index is 12.6. The first kappa shape index (κ1) is 11.6. The van der Waals surface area contributed by atoms with Crippen molar-refractivity contribution in [1.29, 1.82) is 0 Å². The molecule has 1 aromatic rings. The van der Waals surface area contributed by atoms with Crippen LogP contribution in [-0.2, 0) is 6.42 Å². The molecule has 0 spiro atoms. The first-order valence-corrected chi connectivity index (χ1v) is 6.77. The van der Waals surface area contributed by atoms with Gasteiger partial charge in [0.25, 0.3) is 5.91 Å². The third-order valence-electron chi connectivity index (χ3n) is 4.21. The molecule has 1 aromatic carbocycles. The van der Waals surface area contributed by atoms with E-state index in [1.54, 1.807) is 0 Å². The van der Waals surface area contributed by atoms with Crippen molar-refractivity contribution in [1.82, 2.24) is 4.90 Å². The second-order valence-electron chi connectivity index (χ2n) is 5.92. The zero-order chi connectivity index (χ0) is 12.8. The van der Waals surface area contributed by atoms with Crippen molar-refractivity contribution in [2.45, 2.75) is 38.6 Å². The molecule has 0 unspecified atom stereocenters. The molecule has 3 nitrogen and oxygen atoms in total. The highest BCUT2D eigenvalue weighted by atomic mass is 16.2. The molecule has 18 heavy (non-hydrogen) atoms. The second kappa shape index (κ2) is 4.01. The molecule has 0 atom stereocenters. The lowest BCUT2D eigenvalue weighted by atomic mass is 10.0. The minimum Gasteiger partial charge on any atom is -0.384 e. The van der Waals surface area contributed by atoms with E-state index < -0.39 is 0 Å². The average molecular weight is 244 g/mol. The molecule has 96 valence electrons. The molecular weight excluding hydrogens is 224 g/mol. The summed E-state index contributed by atoms with van der Waals surface area (Å²) in [5.41, 5.74) is 3.31. The van der Waals surface area contributed by atoms with E-state index in [9.17, 15) is 4.79 Å². The Morgan fingerprint density at radius 1 is 1.39 bits per heavy atom. The quantitative estimate of drug-likeness (QED) is 0.823. The molecule has 2 aliphatic heterocycles. The number of rotatable bonds is 1. The van der Waals surface area contributed by atoms with Crippen LogP contribution in [-0.4, -0.2) is 29.4 Å². The molecule has 1 N–H and O–H groups in total. The number of carbonyl (C=O) groups is 1. The normalized spacial score (nSPS) is 20.7. The summed E-state index contributed by atoms with van der Waals surface area (Å²) < 4.78 is 0. The molecule has 1 saturated heterocycles. The number of hydrogen-bond acceptors (Lipinski definition) is 2. The lowest BCUT2D eigenvalue weighted by molar-refractivity contribution is 0.0652. The molecule has 1 amide bonds. The average Bonchev–Trinajstić information content (AvgIpc) is 2.92. The van der Waals surface area contributed by atoms with E-state index in [-0.39, 0.29) is 11.4 Å². The van der Waals surface area contributed by atoms with Gasteiger partial charge in [-0.15, -0.1) is 0 Å². The summed E-state index contributed by atoms with van der Waals surface area (Å²) in [5.74, 6) is 0.187. The van der Waals surface area contributed by atoms with Gasteiger partial charge < -0.3 is 10.2 Å². The number of nitrogens with zero attached hydrogens (tertiary/aromatic N) is 1. The standard InChI is InChI=1S/C15H20N2O/c1-15(2)7-3-9-17(15)14(18)12-4-5-13-11(10-12)6-8-16-13/h4-5,10,16H,3,6-9H2,1-2H3. The highest BCUT2D eigenvalue weighted by Crippen LogP contribution is 2.31. The fraction of sp³-hybridized carbons (Fsp3) is 0.533. The van der Waals surface area contributed by atoms with Crippen LogP contribution < -0.4 is 5.32 Å². The van der Waals surface area contributed by atoms with E-state index in [2.05, 4.69) is 25.2 Å². The highest BCUT2D eigenvalue weighted by molar-refractivity contribution is 5.95. The topological polar surface area (TPSA) is 32.3 Å². The van der Waals surface area contributed by atoms with Crippen molar-refractivity contribution in [3.05, 3.63) is 29.3 Å². The Labute approximate surface area is 108 Å². The van der Waals surface area contributed by atoms with Crippen molar-refractivity contribution in [3.63, 3.8) is 0 Å². The zero-order valence-electron chi connectivity index (χ0n) is 11.1. The summed E-state index contributed by atoms with van der Waals surface area (Å²) in [6.07, 6.45) is 3.25. The Hall–Kier alpha value is -1.51. The summed E-state index contributed by atoms with van der Waals surface area (Å²) in [4.78, 5) is 14.6. The van der Waals surface area contributed by atoms with Crippen LogP contribution in [0.25, 0.3) is 0 Å². The van der Waals surface area contributed by atoms with Crippen LogP contribution in [0.15, 0.2) is 18.2 Å².